The van der Waals surface area contributed by atoms with E-state index in [2.05, 4.69) is 11.2 Å². The number of hydrogen-bond donors (Lipinski definition) is 0. The van der Waals surface area contributed by atoms with Crippen LogP contribution in [-0.4, -0.2) is 9.78 Å². The van der Waals surface area contributed by atoms with Gasteiger partial charge in [-0.3, -0.25) is 4.68 Å². The first-order valence-electron chi connectivity index (χ1n) is 4.35. The van der Waals surface area contributed by atoms with Gasteiger partial charge < -0.3 is 0 Å². The predicted octanol–water partition coefficient (Wildman–Crippen LogP) is 2.50. The Bertz CT molecular complexity index is 462. The predicted molar refractivity (Wildman–Crippen MR) is 55.9 cm³/mol. The number of nitrogens with zero attached hydrogens (tertiary/aromatic N) is 3. The van der Waals surface area contributed by atoms with Gasteiger partial charge in [-0.1, -0.05) is 0 Å². The molecule has 2 heterocycles. The first-order chi connectivity index (χ1) is 6.85. The molecule has 2 aromatic heterocycles. The Morgan fingerprint density at radius 2 is 2.50 bits per heavy atom. The lowest BCUT2D eigenvalue weighted by atomic mass is 10.2. The number of aryl methyl sites for hydroxylation is 1. The van der Waals surface area contributed by atoms with Gasteiger partial charge >= 0.3 is 0 Å². The van der Waals surface area contributed by atoms with Crippen LogP contribution in [0, 0.1) is 11.3 Å². The van der Waals surface area contributed by atoms with E-state index < -0.39 is 0 Å². The molecule has 0 N–H and O–H groups in total. The van der Waals surface area contributed by atoms with Crippen LogP contribution in [-0.2, 0) is 6.54 Å². The summed E-state index contributed by atoms with van der Waals surface area (Å²) in [6, 6.07) is 5.97. The molecule has 0 radical (unpaired) electrons. The molecule has 0 saturated heterocycles. The summed E-state index contributed by atoms with van der Waals surface area (Å²) in [5.74, 6) is 0. The van der Waals surface area contributed by atoms with Crippen molar-refractivity contribution in [2.45, 2.75) is 13.5 Å². The molecule has 3 nitrogen and oxygen atoms in total. The second-order valence-corrected chi connectivity index (χ2v) is 3.63. The summed E-state index contributed by atoms with van der Waals surface area (Å²) in [5, 5.41) is 17.2. The Labute approximate surface area is 86.2 Å². The van der Waals surface area contributed by atoms with E-state index in [9.17, 15) is 0 Å². The van der Waals surface area contributed by atoms with Crippen molar-refractivity contribution in [1.82, 2.24) is 9.78 Å². The van der Waals surface area contributed by atoms with Crippen LogP contribution < -0.4 is 0 Å². The van der Waals surface area contributed by atoms with Gasteiger partial charge in [0.05, 0.1) is 5.69 Å². The second kappa shape index (κ2) is 3.64. The average Bonchev–Trinajstić information content (AvgIpc) is 2.85. The molecule has 0 aliphatic heterocycles. The van der Waals surface area contributed by atoms with Gasteiger partial charge in [0.15, 0.2) is 0 Å². The second-order valence-electron chi connectivity index (χ2n) is 2.85. The number of thiophene rings is 1. The molecule has 4 heteroatoms. The fraction of sp³-hybridized carbons (Fsp3) is 0.200. The Kier molecular flexibility index (Phi) is 2.33. The van der Waals surface area contributed by atoms with E-state index in [4.69, 9.17) is 5.26 Å². The molecule has 2 aromatic rings. The summed E-state index contributed by atoms with van der Waals surface area (Å²) in [7, 11) is 0. The van der Waals surface area contributed by atoms with E-state index in [-0.39, 0.29) is 0 Å². The molecule has 0 unspecified atom stereocenters. The Balaban J connectivity index is 2.48. The minimum Gasteiger partial charge on any atom is -0.255 e. The van der Waals surface area contributed by atoms with Crippen molar-refractivity contribution < 1.29 is 0 Å². The fourth-order valence-electron chi connectivity index (χ4n) is 1.30. The summed E-state index contributed by atoms with van der Waals surface area (Å²) in [6.45, 7) is 2.71. The van der Waals surface area contributed by atoms with Crippen molar-refractivity contribution in [3.63, 3.8) is 0 Å². The van der Waals surface area contributed by atoms with Gasteiger partial charge in [0.2, 0.25) is 0 Å². The fourth-order valence-corrected chi connectivity index (χ4v) is 1.95. The van der Waals surface area contributed by atoms with Crippen molar-refractivity contribution >= 4 is 11.3 Å². The van der Waals surface area contributed by atoms with Crippen molar-refractivity contribution in [1.29, 1.82) is 5.26 Å². The van der Waals surface area contributed by atoms with Gasteiger partial charge in [0, 0.05) is 23.6 Å². The van der Waals surface area contributed by atoms with Crippen LogP contribution in [0.25, 0.3) is 11.3 Å². The van der Waals surface area contributed by atoms with E-state index >= 15 is 0 Å². The van der Waals surface area contributed by atoms with Gasteiger partial charge in [-0.15, -0.1) is 0 Å². The third kappa shape index (κ3) is 1.42. The topological polar surface area (TPSA) is 41.6 Å². The Morgan fingerprint density at radius 3 is 3.00 bits per heavy atom. The van der Waals surface area contributed by atoms with Crippen LogP contribution in [0.3, 0.4) is 0 Å². The standard InChI is InChI=1S/C10H9N3S/c1-2-13-9(6-11)5-10(12-13)8-3-4-14-7-8/h3-5,7H,2H2,1H3. The van der Waals surface area contributed by atoms with Gasteiger partial charge in [-0.2, -0.15) is 21.7 Å². The summed E-state index contributed by atoms with van der Waals surface area (Å²) in [5.41, 5.74) is 2.58. The van der Waals surface area contributed by atoms with Gasteiger partial charge in [0.1, 0.15) is 11.8 Å². The maximum absolute atomic E-state index is 8.85. The van der Waals surface area contributed by atoms with Gasteiger partial charge in [-0.25, -0.2) is 0 Å². The molecule has 0 aliphatic rings. The summed E-state index contributed by atoms with van der Waals surface area (Å²) in [6.07, 6.45) is 0. The van der Waals surface area contributed by atoms with E-state index in [0.717, 1.165) is 17.8 Å². The largest absolute Gasteiger partial charge is 0.255 e. The van der Waals surface area contributed by atoms with Crippen LogP contribution in [0.5, 0.6) is 0 Å². The highest BCUT2D eigenvalue weighted by Gasteiger charge is 2.07. The summed E-state index contributed by atoms with van der Waals surface area (Å²) < 4.78 is 1.72. The molecule has 14 heavy (non-hydrogen) atoms. The molecule has 0 atom stereocenters. The lowest BCUT2D eigenvalue weighted by molar-refractivity contribution is 0.653. The molecule has 0 amide bonds. The summed E-state index contributed by atoms with van der Waals surface area (Å²) in [4.78, 5) is 0. The third-order valence-corrected chi connectivity index (χ3v) is 2.69. The zero-order valence-electron chi connectivity index (χ0n) is 7.77. The molecule has 0 spiro atoms. The average molecular weight is 203 g/mol. The SMILES string of the molecule is CCn1nc(-c2ccsc2)cc1C#N. The highest BCUT2D eigenvalue weighted by atomic mass is 32.1. The monoisotopic (exact) mass is 203 g/mol. The number of hydrogen-bond acceptors (Lipinski definition) is 3. The quantitative estimate of drug-likeness (QED) is 0.752. The molecule has 0 saturated carbocycles. The molecular weight excluding hydrogens is 194 g/mol. The molecule has 2 rings (SSSR count). The first kappa shape index (κ1) is 8.97. The minimum absolute atomic E-state index is 0.619. The van der Waals surface area contributed by atoms with Gasteiger partial charge in [0.25, 0.3) is 0 Å². The Morgan fingerprint density at radius 1 is 1.64 bits per heavy atom. The highest BCUT2D eigenvalue weighted by Crippen LogP contribution is 2.21. The van der Waals surface area contributed by atoms with Crippen molar-refractivity contribution in [3.8, 4) is 17.3 Å². The molecular formula is C10H9N3S. The van der Waals surface area contributed by atoms with Crippen molar-refractivity contribution in [3.05, 3.63) is 28.6 Å². The third-order valence-electron chi connectivity index (χ3n) is 2.01. The molecule has 70 valence electrons. The minimum atomic E-state index is 0.619. The Hall–Kier alpha value is -1.60. The molecule has 0 fully saturated rings. The number of aromatic nitrogens is 2. The van der Waals surface area contributed by atoms with Crippen molar-refractivity contribution in [2.75, 3.05) is 0 Å². The molecule has 0 bridgehead atoms. The van der Waals surface area contributed by atoms with E-state index in [1.165, 1.54) is 0 Å². The maximum atomic E-state index is 8.85. The van der Waals surface area contributed by atoms with Gasteiger partial charge in [-0.05, 0) is 18.4 Å². The highest BCUT2D eigenvalue weighted by molar-refractivity contribution is 7.08. The van der Waals surface area contributed by atoms with E-state index in [1.54, 1.807) is 16.0 Å². The van der Waals surface area contributed by atoms with Crippen LogP contribution >= 0.6 is 11.3 Å². The maximum Gasteiger partial charge on any atom is 0.139 e. The number of nitriles is 1. The molecule has 0 aromatic carbocycles. The van der Waals surface area contributed by atoms with E-state index in [1.807, 2.05) is 29.8 Å². The zero-order valence-corrected chi connectivity index (χ0v) is 8.58. The first-order valence-corrected chi connectivity index (χ1v) is 5.30. The lowest BCUT2D eigenvalue weighted by Gasteiger charge is -1.94. The lowest BCUT2D eigenvalue weighted by Crippen LogP contribution is -1.98. The van der Waals surface area contributed by atoms with Crippen LogP contribution in [0.2, 0.25) is 0 Å². The number of rotatable bonds is 2. The van der Waals surface area contributed by atoms with Crippen LogP contribution in [0.15, 0.2) is 22.9 Å². The van der Waals surface area contributed by atoms with Crippen LogP contribution in [0.4, 0.5) is 0 Å². The van der Waals surface area contributed by atoms with Crippen LogP contribution in [0.1, 0.15) is 12.6 Å². The molecule has 0 aliphatic carbocycles. The zero-order chi connectivity index (χ0) is 9.97. The smallest absolute Gasteiger partial charge is 0.139 e. The normalized spacial score (nSPS) is 10.0. The van der Waals surface area contributed by atoms with E-state index in [0.29, 0.717) is 5.69 Å². The summed E-state index contributed by atoms with van der Waals surface area (Å²) >= 11 is 1.63. The van der Waals surface area contributed by atoms with Crippen molar-refractivity contribution in [2.24, 2.45) is 0 Å².